The number of para-hydroxylation sites is 1. The fourth-order valence-electron chi connectivity index (χ4n) is 3.35. The van der Waals surface area contributed by atoms with Gasteiger partial charge in [-0.1, -0.05) is 36.9 Å². The van der Waals surface area contributed by atoms with Gasteiger partial charge in [0.15, 0.2) is 28.4 Å². The summed E-state index contributed by atoms with van der Waals surface area (Å²) in [5.41, 5.74) is 1.61. The van der Waals surface area contributed by atoms with Gasteiger partial charge in [0.1, 0.15) is 18.3 Å². The Labute approximate surface area is 193 Å². The molecule has 4 atom stereocenters. The lowest BCUT2D eigenvalue weighted by atomic mass is 10.1. The van der Waals surface area contributed by atoms with E-state index >= 15 is 0 Å². The number of phosphoric ester groups is 1. The minimum absolute atomic E-state index is 0.370. The first-order valence-corrected chi connectivity index (χ1v) is 12.7. The maximum Gasteiger partial charge on any atom is 0.469 e. The van der Waals surface area contributed by atoms with Crippen LogP contribution in [0.4, 0.5) is 11.5 Å². The van der Waals surface area contributed by atoms with Crippen LogP contribution in [-0.4, -0.2) is 70.2 Å². The third kappa shape index (κ3) is 5.53. The fraction of sp³-hybridized carbons (Fsp3) is 0.421. The highest BCUT2D eigenvalue weighted by atomic mass is 32.2. The summed E-state index contributed by atoms with van der Waals surface area (Å²) in [4.78, 5) is 31.4. The summed E-state index contributed by atoms with van der Waals surface area (Å²) < 4.78 is 22.6. The lowest BCUT2D eigenvalue weighted by molar-refractivity contribution is -0.0504. The average Bonchev–Trinajstić information content (AvgIpc) is 3.32. The number of imidazole rings is 1. The predicted molar refractivity (Wildman–Crippen MR) is 120 cm³/mol. The molecular weight excluding hydrogens is 473 g/mol. The standard InChI is InChI=1S/C19H24N5O7PS/c1-2-8-33-19-22-16(21-11-6-4-3-5-7-11)13-17(23-19)24(10-20-13)18-15(26)14(25)12(31-18)9-30-32(27,28)29/h3-7,10,12,14-15,18,25-26H,2,8-9H2,1H3,(H,21,22,23)(H2,27,28,29)/t12-,14?,15?,18-/m1/s1. The molecule has 3 heterocycles. The van der Waals surface area contributed by atoms with Crippen molar-refractivity contribution in [2.24, 2.45) is 0 Å². The van der Waals surface area contributed by atoms with E-state index in [1.807, 2.05) is 37.3 Å². The summed E-state index contributed by atoms with van der Waals surface area (Å²) in [6.45, 7) is 1.45. The van der Waals surface area contributed by atoms with E-state index in [2.05, 4.69) is 24.8 Å². The highest BCUT2D eigenvalue weighted by Crippen LogP contribution is 2.39. The van der Waals surface area contributed by atoms with Crippen LogP contribution in [0, 0.1) is 0 Å². The van der Waals surface area contributed by atoms with Gasteiger partial charge < -0.3 is 30.1 Å². The summed E-state index contributed by atoms with van der Waals surface area (Å²) in [5, 5.41) is 24.6. The van der Waals surface area contributed by atoms with Crippen LogP contribution < -0.4 is 5.32 Å². The van der Waals surface area contributed by atoms with E-state index in [-0.39, 0.29) is 0 Å². The first-order chi connectivity index (χ1) is 15.8. The number of ether oxygens (including phenoxy) is 1. The lowest BCUT2D eigenvalue weighted by Gasteiger charge is -2.17. The van der Waals surface area contributed by atoms with E-state index in [9.17, 15) is 14.8 Å². The van der Waals surface area contributed by atoms with Crippen molar-refractivity contribution in [1.82, 2.24) is 19.5 Å². The Balaban J connectivity index is 1.68. The maximum absolute atomic E-state index is 11.0. The van der Waals surface area contributed by atoms with Gasteiger partial charge in [0, 0.05) is 11.4 Å². The Bertz CT molecular complexity index is 1140. The molecule has 0 aliphatic carbocycles. The van der Waals surface area contributed by atoms with Crippen LogP contribution in [0.3, 0.4) is 0 Å². The van der Waals surface area contributed by atoms with E-state index in [0.29, 0.717) is 22.1 Å². The molecule has 1 fully saturated rings. The number of benzene rings is 1. The molecular formula is C19H24N5O7PS. The lowest BCUT2D eigenvalue weighted by Crippen LogP contribution is -2.33. The van der Waals surface area contributed by atoms with Crippen LogP contribution in [0.25, 0.3) is 11.2 Å². The number of hydrogen-bond acceptors (Lipinski definition) is 10. The van der Waals surface area contributed by atoms with Gasteiger partial charge in [-0.3, -0.25) is 9.09 Å². The highest BCUT2D eigenvalue weighted by Gasteiger charge is 2.45. The zero-order chi connectivity index (χ0) is 23.6. The van der Waals surface area contributed by atoms with Crippen LogP contribution in [0.5, 0.6) is 0 Å². The molecule has 2 unspecified atom stereocenters. The number of aliphatic hydroxyl groups is 2. The van der Waals surface area contributed by atoms with Crippen molar-refractivity contribution in [2.75, 3.05) is 17.7 Å². The van der Waals surface area contributed by atoms with E-state index in [0.717, 1.165) is 17.9 Å². The summed E-state index contributed by atoms with van der Waals surface area (Å²) in [6, 6.07) is 9.44. The second kappa shape index (κ2) is 10.0. The number of fused-ring (bicyclic) bond motifs is 1. The Kier molecular flexibility index (Phi) is 7.31. The van der Waals surface area contributed by atoms with Gasteiger partial charge in [0.2, 0.25) is 0 Å². The number of rotatable bonds is 9. The van der Waals surface area contributed by atoms with Crippen LogP contribution in [0.1, 0.15) is 19.6 Å². The summed E-state index contributed by atoms with van der Waals surface area (Å²) in [7, 11) is -4.76. The first-order valence-electron chi connectivity index (χ1n) is 10.2. The van der Waals surface area contributed by atoms with Crippen molar-refractivity contribution >= 4 is 42.3 Å². The topological polar surface area (TPSA) is 172 Å². The molecule has 1 aliphatic rings. The Hall–Kier alpha value is -2.09. The number of nitrogens with zero attached hydrogens (tertiary/aromatic N) is 4. The van der Waals surface area contributed by atoms with Gasteiger partial charge in [0.25, 0.3) is 0 Å². The van der Waals surface area contributed by atoms with E-state index < -0.39 is 39.0 Å². The number of aliphatic hydroxyl groups excluding tert-OH is 2. The third-order valence-electron chi connectivity index (χ3n) is 4.89. The van der Waals surface area contributed by atoms with Crippen molar-refractivity contribution in [2.45, 2.75) is 43.0 Å². The molecule has 0 amide bonds. The zero-order valence-corrected chi connectivity index (χ0v) is 19.3. The monoisotopic (exact) mass is 497 g/mol. The average molecular weight is 497 g/mol. The van der Waals surface area contributed by atoms with Crippen molar-refractivity contribution in [3.8, 4) is 0 Å². The van der Waals surface area contributed by atoms with E-state index in [1.54, 1.807) is 0 Å². The fourth-order valence-corrected chi connectivity index (χ4v) is 4.39. The molecule has 5 N–H and O–H groups in total. The van der Waals surface area contributed by atoms with Crippen LogP contribution in [0.2, 0.25) is 0 Å². The zero-order valence-electron chi connectivity index (χ0n) is 17.6. The number of aromatic nitrogens is 4. The molecule has 0 bridgehead atoms. The highest BCUT2D eigenvalue weighted by molar-refractivity contribution is 7.99. The largest absolute Gasteiger partial charge is 0.469 e. The van der Waals surface area contributed by atoms with Crippen molar-refractivity contribution in [1.29, 1.82) is 0 Å². The second-order valence-corrected chi connectivity index (χ2v) is 9.65. The maximum atomic E-state index is 11.0. The van der Waals surface area contributed by atoms with Crippen LogP contribution in [0.15, 0.2) is 41.8 Å². The molecule has 1 saturated heterocycles. The summed E-state index contributed by atoms with van der Waals surface area (Å²) in [5.74, 6) is 1.27. The number of hydrogen-bond donors (Lipinski definition) is 5. The van der Waals surface area contributed by atoms with Gasteiger partial charge >= 0.3 is 7.82 Å². The SMILES string of the molecule is CCCSc1nc(Nc2ccccc2)c2ncn([C@@H]3O[C@H](COP(=O)(O)O)C(O)C3O)c2n1. The minimum atomic E-state index is -4.76. The molecule has 0 saturated carbocycles. The number of thioether (sulfide) groups is 1. The molecule has 33 heavy (non-hydrogen) atoms. The van der Waals surface area contributed by atoms with E-state index in [4.69, 9.17) is 14.5 Å². The second-order valence-electron chi connectivity index (χ2n) is 7.35. The van der Waals surface area contributed by atoms with Crippen molar-refractivity contribution in [3.63, 3.8) is 0 Å². The Morgan fingerprint density at radius 1 is 1.21 bits per heavy atom. The number of anilines is 2. The van der Waals surface area contributed by atoms with Crippen LogP contribution >= 0.6 is 19.6 Å². The molecule has 1 aliphatic heterocycles. The predicted octanol–water partition coefficient (Wildman–Crippen LogP) is 1.80. The van der Waals surface area contributed by atoms with Gasteiger partial charge in [-0.2, -0.15) is 0 Å². The third-order valence-corrected chi connectivity index (χ3v) is 6.43. The molecule has 178 valence electrons. The quantitative estimate of drug-likeness (QED) is 0.165. The smallest absolute Gasteiger partial charge is 0.387 e. The molecule has 12 nitrogen and oxygen atoms in total. The Morgan fingerprint density at radius 2 is 1.97 bits per heavy atom. The molecule has 0 spiro atoms. The van der Waals surface area contributed by atoms with Gasteiger partial charge in [-0.15, -0.1) is 0 Å². The normalized spacial score (nSPS) is 23.3. The first kappa shape index (κ1) is 24.0. The van der Waals surface area contributed by atoms with E-state index in [1.165, 1.54) is 22.7 Å². The molecule has 0 radical (unpaired) electrons. The number of nitrogens with one attached hydrogen (secondary N) is 1. The molecule has 4 rings (SSSR count). The summed E-state index contributed by atoms with van der Waals surface area (Å²) in [6.07, 6.45) is -2.76. The minimum Gasteiger partial charge on any atom is -0.387 e. The van der Waals surface area contributed by atoms with Crippen molar-refractivity contribution < 1.29 is 33.8 Å². The summed E-state index contributed by atoms with van der Waals surface area (Å²) >= 11 is 1.46. The van der Waals surface area contributed by atoms with Crippen molar-refractivity contribution in [3.05, 3.63) is 36.7 Å². The van der Waals surface area contributed by atoms with Crippen LogP contribution in [-0.2, 0) is 13.8 Å². The number of phosphoric acid groups is 1. The molecule has 3 aromatic rings. The Morgan fingerprint density at radius 3 is 2.67 bits per heavy atom. The van der Waals surface area contributed by atoms with Gasteiger partial charge in [-0.05, 0) is 18.6 Å². The van der Waals surface area contributed by atoms with Gasteiger partial charge in [-0.25, -0.2) is 19.5 Å². The molecule has 14 heteroatoms. The van der Waals surface area contributed by atoms with Gasteiger partial charge in [0.05, 0.1) is 12.9 Å². The molecule has 1 aromatic carbocycles. The molecule has 2 aromatic heterocycles.